The van der Waals surface area contributed by atoms with E-state index in [-0.39, 0.29) is 24.1 Å². The maximum atomic E-state index is 12.3. The van der Waals surface area contributed by atoms with Crippen LogP contribution in [0.15, 0.2) is 24.4 Å². The molecule has 2 aromatic rings. The molecule has 0 saturated heterocycles. The number of ether oxygens (including phenoxy) is 2. The van der Waals surface area contributed by atoms with Gasteiger partial charge < -0.3 is 19.9 Å². The minimum absolute atomic E-state index is 0.118. The fourth-order valence-electron chi connectivity index (χ4n) is 2.34. The molecule has 1 aromatic heterocycles. The number of carbonyl (C=O) groups is 2. The molecule has 0 radical (unpaired) electrons. The molecule has 0 bridgehead atoms. The van der Waals surface area contributed by atoms with Gasteiger partial charge in [-0.05, 0) is 24.6 Å². The smallest absolute Gasteiger partial charge is 0.339 e. The van der Waals surface area contributed by atoms with Gasteiger partial charge in [0.15, 0.2) is 17.2 Å². The summed E-state index contributed by atoms with van der Waals surface area (Å²) in [4.78, 5) is 23.5. The lowest BCUT2D eigenvalue weighted by Crippen LogP contribution is -2.28. The number of carbonyl (C=O) groups excluding carboxylic acids is 1. The van der Waals surface area contributed by atoms with Crippen LogP contribution in [-0.4, -0.2) is 33.6 Å². The predicted molar refractivity (Wildman–Crippen MR) is 78.6 cm³/mol. The van der Waals surface area contributed by atoms with Gasteiger partial charge in [0.25, 0.3) is 5.91 Å². The third kappa shape index (κ3) is 2.83. The summed E-state index contributed by atoms with van der Waals surface area (Å²) < 4.78 is 11.8. The molecule has 8 heteroatoms. The molecule has 1 aromatic carbocycles. The van der Waals surface area contributed by atoms with E-state index in [9.17, 15) is 9.59 Å². The number of aryl methyl sites for hydroxylation is 1. The molecule has 8 nitrogen and oxygen atoms in total. The fourth-order valence-corrected chi connectivity index (χ4v) is 2.34. The monoisotopic (exact) mass is 317 g/mol. The van der Waals surface area contributed by atoms with Gasteiger partial charge in [-0.3, -0.25) is 9.48 Å². The van der Waals surface area contributed by atoms with Gasteiger partial charge in [-0.15, -0.1) is 0 Å². The minimum Gasteiger partial charge on any atom is -0.478 e. The zero-order chi connectivity index (χ0) is 16.6. The number of carboxylic acids is 1. The second-order valence-corrected chi connectivity index (χ2v) is 5.18. The van der Waals surface area contributed by atoms with Gasteiger partial charge in [0.05, 0.1) is 6.04 Å². The lowest BCUT2D eigenvalue weighted by Gasteiger charge is -2.14. The number of rotatable bonds is 4. The summed E-state index contributed by atoms with van der Waals surface area (Å²) in [5.74, 6) is -0.468. The lowest BCUT2D eigenvalue weighted by atomic mass is 10.1. The molecule has 1 atom stereocenters. The number of aromatic nitrogens is 2. The van der Waals surface area contributed by atoms with Crippen LogP contribution in [0, 0.1) is 0 Å². The van der Waals surface area contributed by atoms with Crippen LogP contribution in [0.25, 0.3) is 0 Å². The Bertz CT molecular complexity index is 783. The van der Waals surface area contributed by atoms with Gasteiger partial charge in [-0.2, -0.15) is 5.10 Å². The number of hydrogen-bond donors (Lipinski definition) is 2. The first-order valence-corrected chi connectivity index (χ1v) is 6.93. The van der Waals surface area contributed by atoms with E-state index < -0.39 is 11.9 Å². The molecule has 0 spiro atoms. The van der Waals surface area contributed by atoms with E-state index in [1.54, 1.807) is 26.1 Å². The molecule has 2 heterocycles. The van der Waals surface area contributed by atoms with Crippen molar-refractivity contribution in [3.8, 4) is 11.5 Å². The molecule has 3 rings (SSSR count). The molecule has 23 heavy (non-hydrogen) atoms. The summed E-state index contributed by atoms with van der Waals surface area (Å²) in [5, 5.41) is 15.8. The number of nitrogens with one attached hydrogen (secondary N) is 1. The first-order chi connectivity index (χ1) is 11.0. The number of carboxylic acid groups (broad SMARTS) is 1. The summed E-state index contributed by atoms with van der Waals surface area (Å²) in [6.07, 6.45) is 1.29. The Kier molecular flexibility index (Phi) is 3.65. The van der Waals surface area contributed by atoms with Crippen molar-refractivity contribution in [2.24, 2.45) is 7.05 Å². The van der Waals surface area contributed by atoms with Crippen LogP contribution in [0.2, 0.25) is 0 Å². The molecule has 0 unspecified atom stereocenters. The Hall–Kier alpha value is -3.03. The first kappa shape index (κ1) is 14.9. The van der Waals surface area contributed by atoms with Gasteiger partial charge in [0.1, 0.15) is 5.56 Å². The lowest BCUT2D eigenvalue weighted by molar-refractivity contribution is 0.0690. The number of nitrogens with zero attached hydrogens (tertiary/aromatic N) is 2. The van der Waals surface area contributed by atoms with Crippen molar-refractivity contribution < 1.29 is 24.2 Å². The summed E-state index contributed by atoms with van der Waals surface area (Å²) >= 11 is 0. The molecule has 1 amide bonds. The average Bonchev–Trinajstić information content (AvgIpc) is 3.12. The van der Waals surface area contributed by atoms with Gasteiger partial charge >= 0.3 is 5.97 Å². The van der Waals surface area contributed by atoms with E-state index in [4.69, 9.17) is 14.6 Å². The second kappa shape index (κ2) is 5.64. The number of amides is 1. The van der Waals surface area contributed by atoms with Crippen LogP contribution in [-0.2, 0) is 7.05 Å². The molecular weight excluding hydrogens is 302 g/mol. The highest BCUT2D eigenvalue weighted by Crippen LogP contribution is 2.34. The third-order valence-electron chi connectivity index (χ3n) is 3.52. The largest absolute Gasteiger partial charge is 0.478 e. The quantitative estimate of drug-likeness (QED) is 0.882. The van der Waals surface area contributed by atoms with Crippen LogP contribution in [0.5, 0.6) is 11.5 Å². The van der Waals surface area contributed by atoms with Crippen molar-refractivity contribution in [1.29, 1.82) is 0 Å². The molecule has 1 aliphatic heterocycles. The molecule has 0 fully saturated rings. The SMILES string of the molecule is C[C@@H](NC(=O)c1nn(C)cc1C(=O)O)c1ccc2c(c1)OCO2. The van der Waals surface area contributed by atoms with E-state index in [1.807, 2.05) is 6.07 Å². The normalized spacial score (nSPS) is 13.7. The topological polar surface area (TPSA) is 103 Å². The maximum absolute atomic E-state index is 12.3. The average molecular weight is 317 g/mol. The van der Waals surface area contributed by atoms with Crippen LogP contribution in [0.4, 0.5) is 0 Å². The van der Waals surface area contributed by atoms with E-state index in [1.165, 1.54) is 10.9 Å². The van der Waals surface area contributed by atoms with Gasteiger partial charge in [0.2, 0.25) is 6.79 Å². The van der Waals surface area contributed by atoms with E-state index in [0.717, 1.165) is 5.56 Å². The highest BCUT2D eigenvalue weighted by Gasteiger charge is 2.23. The zero-order valence-corrected chi connectivity index (χ0v) is 12.6. The fraction of sp³-hybridized carbons (Fsp3) is 0.267. The van der Waals surface area contributed by atoms with Crippen molar-refractivity contribution >= 4 is 11.9 Å². The highest BCUT2D eigenvalue weighted by atomic mass is 16.7. The van der Waals surface area contributed by atoms with Crippen molar-refractivity contribution in [3.63, 3.8) is 0 Å². The molecular formula is C15H15N3O5. The van der Waals surface area contributed by atoms with Crippen molar-refractivity contribution in [2.45, 2.75) is 13.0 Å². The predicted octanol–water partition coefficient (Wildman–Crippen LogP) is 1.34. The third-order valence-corrected chi connectivity index (χ3v) is 3.52. The highest BCUT2D eigenvalue weighted by molar-refractivity contribution is 6.03. The first-order valence-electron chi connectivity index (χ1n) is 6.93. The number of benzene rings is 1. The Morgan fingerprint density at radius 3 is 2.83 bits per heavy atom. The maximum Gasteiger partial charge on any atom is 0.339 e. The van der Waals surface area contributed by atoms with Crippen LogP contribution < -0.4 is 14.8 Å². The number of fused-ring (bicyclic) bond motifs is 1. The Labute approximate surface area is 131 Å². The van der Waals surface area contributed by atoms with Gasteiger partial charge in [-0.25, -0.2) is 4.79 Å². The van der Waals surface area contributed by atoms with Crippen molar-refractivity contribution in [3.05, 3.63) is 41.2 Å². The molecule has 0 aliphatic carbocycles. The molecule has 2 N–H and O–H groups in total. The molecule has 120 valence electrons. The number of aromatic carboxylic acids is 1. The van der Waals surface area contributed by atoms with Crippen molar-refractivity contribution in [2.75, 3.05) is 6.79 Å². The standard InChI is InChI=1S/C15H15N3O5/c1-8(9-3-4-11-12(5-9)23-7-22-11)16-14(19)13-10(15(20)21)6-18(2)17-13/h3-6,8H,7H2,1-2H3,(H,16,19)(H,20,21)/t8-/m1/s1. The Morgan fingerprint density at radius 1 is 1.35 bits per heavy atom. The van der Waals surface area contributed by atoms with Gasteiger partial charge in [-0.1, -0.05) is 6.07 Å². The second-order valence-electron chi connectivity index (χ2n) is 5.18. The Balaban J connectivity index is 1.79. The number of hydrogen-bond acceptors (Lipinski definition) is 5. The van der Waals surface area contributed by atoms with E-state index in [2.05, 4.69) is 10.4 Å². The molecule has 1 aliphatic rings. The summed E-state index contributed by atoms with van der Waals surface area (Å²) in [5.41, 5.74) is 0.561. The summed E-state index contributed by atoms with van der Waals surface area (Å²) in [7, 11) is 1.56. The molecule has 0 saturated carbocycles. The van der Waals surface area contributed by atoms with E-state index >= 15 is 0 Å². The van der Waals surface area contributed by atoms with Crippen molar-refractivity contribution in [1.82, 2.24) is 15.1 Å². The minimum atomic E-state index is -1.20. The van der Waals surface area contributed by atoms with Crippen LogP contribution in [0.3, 0.4) is 0 Å². The van der Waals surface area contributed by atoms with Crippen LogP contribution in [0.1, 0.15) is 39.4 Å². The zero-order valence-electron chi connectivity index (χ0n) is 12.6. The Morgan fingerprint density at radius 2 is 2.09 bits per heavy atom. The van der Waals surface area contributed by atoms with Crippen LogP contribution >= 0.6 is 0 Å². The summed E-state index contributed by atoms with van der Waals surface area (Å²) in [6, 6.07) is 5.02. The van der Waals surface area contributed by atoms with E-state index in [0.29, 0.717) is 11.5 Å². The summed E-state index contributed by atoms with van der Waals surface area (Å²) in [6.45, 7) is 1.97. The van der Waals surface area contributed by atoms with Gasteiger partial charge in [0, 0.05) is 13.2 Å².